The average molecular weight is 259 g/mol. The number of nitrogens with zero attached hydrogens (tertiary/aromatic N) is 1. The zero-order valence-corrected chi connectivity index (χ0v) is 10.9. The van der Waals surface area contributed by atoms with Crippen molar-refractivity contribution >= 4 is 5.97 Å². The van der Waals surface area contributed by atoms with Gasteiger partial charge in [0.2, 0.25) is 0 Å². The Kier molecular flexibility index (Phi) is 4.56. The number of carboxylic acid groups (broad SMARTS) is 1. The summed E-state index contributed by atoms with van der Waals surface area (Å²) in [4.78, 5) is 13.0. The van der Waals surface area contributed by atoms with Crippen LogP contribution in [0.2, 0.25) is 0 Å². The summed E-state index contributed by atoms with van der Waals surface area (Å²) in [5, 5.41) is 9.09. The molecule has 100 valence electrons. The summed E-state index contributed by atoms with van der Waals surface area (Å²) in [6.45, 7) is 1.28. The first-order valence-corrected chi connectivity index (χ1v) is 6.23. The second kappa shape index (κ2) is 6.37. The molecule has 0 radical (unpaired) electrons. The number of likely N-dealkylation sites (N-methyl/N-ethyl adjacent to an activating group) is 1. The van der Waals surface area contributed by atoms with E-state index in [1.54, 1.807) is 0 Å². The Balaban J connectivity index is 1.93. The molecule has 1 aromatic rings. The molecule has 1 aliphatic rings. The largest absolute Gasteiger partial charge is 0.481 e. The number of rotatable bonds is 3. The second-order valence-electron chi connectivity index (χ2n) is 4.63. The topological polar surface area (TPSA) is 49.8 Å². The van der Waals surface area contributed by atoms with E-state index in [4.69, 9.17) is 9.84 Å². The molecule has 1 heterocycles. The molecule has 2 unspecified atom stereocenters. The molecular formula is C15H17NO3. The molecule has 0 bridgehead atoms. The average Bonchev–Trinajstić information content (AvgIpc) is 2.89. The molecule has 0 saturated carbocycles. The number of hydrogen-bond acceptors (Lipinski definition) is 3. The fraction of sp³-hybridized carbons (Fsp3) is 0.400. The second-order valence-corrected chi connectivity index (χ2v) is 4.63. The summed E-state index contributed by atoms with van der Waals surface area (Å²) in [7, 11) is 1.88. The van der Waals surface area contributed by atoms with Crippen molar-refractivity contribution in [3.05, 3.63) is 35.9 Å². The molecule has 0 aliphatic carbocycles. The predicted molar refractivity (Wildman–Crippen MR) is 71.7 cm³/mol. The molecule has 1 saturated heterocycles. The highest BCUT2D eigenvalue weighted by Gasteiger charge is 2.36. The van der Waals surface area contributed by atoms with Crippen molar-refractivity contribution in [1.82, 2.24) is 4.90 Å². The van der Waals surface area contributed by atoms with E-state index < -0.39 is 11.9 Å². The lowest BCUT2D eigenvalue weighted by molar-refractivity contribution is -0.143. The summed E-state index contributed by atoms with van der Waals surface area (Å²) in [6.07, 6.45) is 0. The van der Waals surface area contributed by atoms with Crippen molar-refractivity contribution < 1.29 is 14.6 Å². The quantitative estimate of drug-likeness (QED) is 0.825. The van der Waals surface area contributed by atoms with Crippen LogP contribution in [-0.4, -0.2) is 48.8 Å². The lowest BCUT2D eigenvalue weighted by atomic mass is 10.0. The highest BCUT2D eigenvalue weighted by atomic mass is 16.5. The van der Waals surface area contributed by atoms with Crippen LogP contribution in [0.1, 0.15) is 5.56 Å². The van der Waals surface area contributed by atoms with Gasteiger partial charge in [0.05, 0.1) is 25.7 Å². The van der Waals surface area contributed by atoms with Gasteiger partial charge in [0, 0.05) is 11.6 Å². The fourth-order valence-corrected chi connectivity index (χ4v) is 2.12. The Morgan fingerprint density at radius 1 is 1.42 bits per heavy atom. The standard InChI is InChI=1S/C15H17NO3/c1-16(14-11-19-10-13(14)15(17)18)9-5-8-12-6-3-2-4-7-12/h2-4,6-7,13-14H,9-11H2,1H3,(H,17,18). The fourth-order valence-electron chi connectivity index (χ4n) is 2.12. The van der Waals surface area contributed by atoms with Gasteiger partial charge in [0.1, 0.15) is 0 Å². The smallest absolute Gasteiger partial charge is 0.310 e. The van der Waals surface area contributed by atoms with Crippen LogP contribution in [-0.2, 0) is 9.53 Å². The SMILES string of the molecule is CN(CC#Cc1ccccc1)C1COCC1C(=O)O. The molecular weight excluding hydrogens is 242 g/mol. The maximum Gasteiger partial charge on any atom is 0.310 e. The summed E-state index contributed by atoms with van der Waals surface area (Å²) < 4.78 is 5.25. The lowest BCUT2D eigenvalue weighted by Gasteiger charge is -2.23. The first-order valence-electron chi connectivity index (χ1n) is 6.23. The number of ether oxygens (including phenoxy) is 1. The lowest BCUT2D eigenvalue weighted by Crippen LogP contribution is -2.40. The maximum absolute atomic E-state index is 11.1. The van der Waals surface area contributed by atoms with Crippen LogP contribution in [0.15, 0.2) is 30.3 Å². The van der Waals surface area contributed by atoms with Crippen LogP contribution in [0.3, 0.4) is 0 Å². The van der Waals surface area contributed by atoms with Crippen molar-refractivity contribution in [1.29, 1.82) is 0 Å². The van der Waals surface area contributed by atoms with E-state index in [0.717, 1.165) is 5.56 Å². The zero-order valence-electron chi connectivity index (χ0n) is 10.9. The van der Waals surface area contributed by atoms with E-state index in [9.17, 15) is 4.79 Å². The monoisotopic (exact) mass is 259 g/mol. The molecule has 0 spiro atoms. The number of aliphatic carboxylic acids is 1. The van der Waals surface area contributed by atoms with Gasteiger partial charge >= 0.3 is 5.97 Å². The third-order valence-corrected chi connectivity index (χ3v) is 3.27. The highest BCUT2D eigenvalue weighted by molar-refractivity contribution is 5.71. The van der Waals surface area contributed by atoms with Crippen LogP contribution < -0.4 is 0 Å². The van der Waals surface area contributed by atoms with Gasteiger partial charge in [0.15, 0.2) is 0 Å². The molecule has 2 atom stereocenters. The van der Waals surface area contributed by atoms with E-state index in [2.05, 4.69) is 11.8 Å². The zero-order chi connectivity index (χ0) is 13.7. The van der Waals surface area contributed by atoms with Gasteiger partial charge in [-0.25, -0.2) is 0 Å². The first-order chi connectivity index (χ1) is 9.18. The molecule has 2 rings (SSSR count). The molecule has 1 aromatic carbocycles. The van der Waals surface area contributed by atoms with Gasteiger partial charge in [-0.3, -0.25) is 9.69 Å². The maximum atomic E-state index is 11.1. The van der Waals surface area contributed by atoms with Gasteiger partial charge < -0.3 is 9.84 Å². The van der Waals surface area contributed by atoms with Crippen LogP contribution in [0.25, 0.3) is 0 Å². The van der Waals surface area contributed by atoms with E-state index in [0.29, 0.717) is 13.2 Å². The molecule has 0 amide bonds. The van der Waals surface area contributed by atoms with Crippen molar-refractivity contribution in [2.24, 2.45) is 5.92 Å². The van der Waals surface area contributed by atoms with Crippen LogP contribution in [0.4, 0.5) is 0 Å². The minimum absolute atomic E-state index is 0.0948. The summed E-state index contributed by atoms with van der Waals surface area (Å²) in [5.41, 5.74) is 0.966. The Morgan fingerprint density at radius 2 is 2.16 bits per heavy atom. The van der Waals surface area contributed by atoms with Gasteiger partial charge in [-0.1, -0.05) is 30.0 Å². The minimum atomic E-state index is -0.801. The highest BCUT2D eigenvalue weighted by Crippen LogP contribution is 2.18. The molecule has 4 heteroatoms. The molecule has 4 nitrogen and oxygen atoms in total. The molecule has 0 aromatic heterocycles. The third-order valence-electron chi connectivity index (χ3n) is 3.27. The summed E-state index contributed by atoms with van der Waals surface area (Å²) in [6, 6.07) is 9.64. The Bertz CT molecular complexity index is 489. The van der Waals surface area contributed by atoms with Crippen LogP contribution in [0.5, 0.6) is 0 Å². The van der Waals surface area contributed by atoms with Gasteiger partial charge in [-0.05, 0) is 19.2 Å². The third kappa shape index (κ3) is 3.57. The number of hydrogen-bond donors (Lipinski definition) is 1. The van der Waals surface area contributed by atoms with Crippen molar-refractivity contribution in [3.8, 4) is 11.8 Å². The van der Waals surface area contributed by atoms with E-state index >= 15 is 0 Å². The molecule has 19 heavy (non-hydrogen) atoms. The Morgan fingerprint density at radius 3 is 2.84 bits per heavy atom. The molecule has 1 N–H and O–H groups in total. The number of benzene rings is 1. The van der Waals surface area contributed by atoms with E-state index in [-0.39, 0.29) is 12.6 Å². The number of carboxylic acids is 1. The molecule has 1 aliphatic heterocycles. The summed E-state index contributed by atoms with van der Waals surface area (Å²) >= 11 is 0. The van der Waals surface area contributed by atoms with Crippen molar-refractivity contribution in [2.75, 3.05) is 26.8 Å². The van der Waals surface area contributed by atoms with Gasteiger partial charge in [0.25, 0.3) is 0 Å². The Hall–Kier alpha value is -1.83. The van der Waals surface area contributed by atoms with Crippen LogP contribution in [0, 0.1) is 17.8 Å². The van der Waals surface area contributed by atoms with Gasteiger partial charge in [-0.2, -0.15) is 0 Å². The number of carbonyl (C=O) groups is 1. The normalized spacial score (nSPS) is 22.0. The van der Waals surface area contributed by atoms with Gasteiger partial charge in [-0.15, -0.1) is 0 Å². The Labute approximate surface area is 113 Å². The van der Waals surface area contributed by atoms with Crippen molar-refractivity contribution in [2.45, 2.75) is 6.04 Å². The van der Waals surface area contributed by atoms with E-state index in [1.165, 1.54) is 0 Å². The van der Waals surface area contributed by atoms with E-state index in [1.807, 2.05) is 42.3 Å². The summed E-state index contributed by atoms with van der Waals surface area (Å²) in [5.74, 6) is 4.87. The molecule has 1 fully saturated rings. The predicted octanol–water partition coefficient (Wildman–Crippen LogP) is 1.07. The van der Waals surface area contributed by atoms with Crippen molar-refractivity contribution in [3.63, 3.8) is 0 Å². The first kappa shape index (κ1) is 13.6. The van der Waals surface area contributed by atoms with Crippen LogP contribution >= 0.6 is 0 Å². The minimum Gasteiger partial charge on any atom is -0.481 e.